The summed E-state index contributed by atoms with van der Waals surface area (Å²) < 4.78 is 8.78. The van der Waals surface area contributed by atoms with Gasteiger partial charge in [0.2, 0.25) is 0 Å². The molecule has 114 valence electrons. The van der Waals surface area contributed by atoms with Crippen molar-refractivity contribution in [1.82, 2.24) is 15.1 Å². The van der Waals surface area contributed by atoms with E-state index in [0.717, 1.165) is 23.3 Å². The largest absolute Gasteiger partial charge is 0.492 e. The molecule has 4 nitrogen and oxygen atoms in total. The Bertz CT molecular complexity index is 563. The highest BCUT2D eigenvalue weighted by Gasteiger charge is 2.06. The van der Waals surface area contributed by atoms with Gasteiger partial charge in [-0.25, -0.2) is 0 Å². The fourth-order valence-corrected chi connectivity index (χ4v) is 2.24. The Morgan fingerprint density at radius 2 is 2.00 bits per heavy atom. The van der Waals surface area contributed by atoms with Gasteiger partial charge in [-0.2, -0.15) is 5.10 Å². The Kier molecular flexibility index (Phi) is 5.82. The van der Waals surface area contributed by atoms with Crippen LogP contribution in [0.25, 0.3) is 0 Å². The fraction of sp³-hybridized carbons (Fsp3) is 0.438. The molecule has 0 unspecified atom stereocenters. The van der Waals surface area contributed by atoms with Crippen LogP contribution in [-0.2, 0) is 13.1 Å². The van der Waals surface area contributed by atoms with Crippen molar-refractivity contribution in [1.29, 1.82) is 0 Å². The first kappa shape index (κ1) is 16.0. The highest BCUT2D eigenvalue weighted by Crippen LogP contribution is 2.16. The lowest BCUT2D eigenvalue weighted by Gasteiger charge is -2.09. The lowest BCUT2D eigenvalue weighted by atomic mass is 10.2. The van der Waals surface area contributed by atoms with Crippen molar-refractivity contribution < 1.29 is 4.74 Å². The maximum Gasteiger partial charge on any atom is 0.119 e. The van der Waals surface area contributed by atoms with E-state index in [9.17, 15) is 0 Å². The van der Waals surface area contributed by atoms with Gasteiger partial charge in [0.05, 0.1) is 12.7 Å². The smallest absolute Gasteiger partial charge is 0.119 e. The highest BCUT2D eigenvalue weighted by atomic mass is 79.9. The minimum Gasteiger partial charge on any atom is -0.492 e. The predicted molar refractivity (Wildman–Crippen MR) is 88.6 cm³/mol. The van der Waals surface area contributed by atoms with E-state index in [1.807, 2.05) is 35.1 Å². The van der Waals surface area contributed by atoms with E-state index in [1.54, 1.807) is 0 Å². The third-order valence-electron chi connectivity index (χ3n) is 3.29. The molecule has 0 atom stereocenters. The van der Waals surface area contributed by atoms with E-state index in [1.165, 1.54) is 11.3 Å². The van der Waals surface area contributed by atoms with E-state index >= 15 is 0 Å². The topological polar surface area (TPSA) is 39.1 Å². The molecule has 0 spiro atoms. The van der Waals surface area contributed by atoms with Crippen LogP contribution in [0.2, 0.25) is 0 Å². The first-order chi connectivity index (χ1) is 10.1. The second-order valence-corrected chi connectivity index (χ2v) is 6.23. The summed E-state index contributed by atoms with van der Waals surface area (Å²) in [5, 5.41) is 7.84. The van der Waals surface area contributed by atoms with Gasteiger partial charge in [0, 0.05) is 28.3 Å². The molecule has 2 rings (SSSR count). The second kappa shape index (κ2) is 7.61. The van der Waals surface area contributed by atoms with E-state index in [4.69, 9.17) is 4.74 Å². The van der Waals surface area contributed by atoms with Crippen molar-refractivity contribution >= 4 is 15.9 Å². The van der Waals surface area contributed by atoms with Crippen LogP contribution in [0.4, 0.5) is 0 Å². The molecular formula is C16H22BrN3O. The molecule has 2 aromatic rings. The molecule has 0 saturated carbocycles. The van der Waals surface area contributed by atoms with Gasteiger partial charge in [-0.15, -0.1) is 0 Å². The van der Waals surface area contributed by atoms with Crippen molar-refractivity contribution in [3.05, 3.63) is 46.2 Å². The minimum absolute atomic E-state index is 0.480. The van der Waals surface area contributed by atoms with E-state index in [2.05, 4.69) is 47.1 Å². The third kappa shape index (κ3) is 4.86. The average Bonchev–Trinajstić information content (AvgIpc) is 2.80. The van der Waals surface area contributed by atoms with Crippen LogP contribution in [0, 0.1) is 6.92 Å². The summed E-state index contributed by atoms with van der Waals surface area (Å²) in [6.07, 6.45) is 1.93. The minimum atomic E-state index is 0.480. The summed E-state index contributed by atoms with van der Waals surface area (Å²) in [5.74, 6) is 0.879. The molecule has 0 saturated heterocycles. The summed E-state index contributed by atoms with van der Waals surface area (Å²) in [7, 11) is 0. The number of halogens is 1. The molecule has 0 radical (unpaired) electrons. The molecule has 0 fully saturated rings. The molecule has 5 heteroatoms. The first-order valence-electron chi connectivity index (χ1n) is 7.19. The molecule has 1 N–H and O–H groups in total. The molecule has 0 aliphatic carbocycles. The van der Waals surface area contributed by atoms with Crippen molar-refractivity contribution in [2.75, 3.05) is 6.61 Å². The van der Waals surface area contributed by atoms with E-state index < -0.39 is 0 Å². The molecule has 1 aromatic heterocycles. The van der Waals surface area contributed by atoms with Crippen LogP contribution < -0.4 is 10.1 Å². The SMILES string of the molecule is Cc1c(CNC(C)C)cnn1CCOc1ccc(Br)cc1. The van der Waals surface area contributed by atoms with Gasteiger partial charge in [-0.05, 0) is 31.2 Å². The number of hydrogen-bond acceptors (Lipinski definition) is 3. The quantitative estimate of drug-likeness (QED) is 0.829. The average molecular weight is 352 g/mol. The van der Waals surface area contributed by atoms with Gasteiger partial charge in [-0.3, -0.25) is 4.68 Å². The van der Waals surface area contributed by atoms with Crippen molar-refractivity contribution in [2.45, 2.75) is 39.9 Å². The Hall–Kier alpha value is -1.33. The van der Waals surface area contributed by atoms with E-state index in [-0.39, 0.29) is 0 Å². The summed E-state index contributed by atoms with van der Waals surface area (Å²) in [6, 6.07) is 8.35. The molecule has 0 amide bonds. The van der Waals surface area contributed by atoms with Crippen LogP contribution >= 0.6 is 15.9 Å². The van der Waals surface area contributed by atoms with Gasteiger partial charge in [0.25, 0.3) is 0 Å². The normalized spacial score (nSPS) is 11.1. The first-order valence-corrected chi connectivity index (χ1v) is 7.98. The van der Waals surface area contributed by atoms with Crippen molar-refractivity contribution in [3.63, 3.8) is 0 Å². The standard InChI is InChI=1S/C16H22BrN3O/c1-12(2)18-10-14-11-19-20(13(14)3)8-9-21-16-6-4-15(17)5-7-16/h4-7,11-12,18H,8-10H2,1-3H3. The molecule has 1 heterocycles. The number of nitrogens with zero attached hydrogens (tertiary/aromatic N) is 2. The number of ether oxygens (including phenoxy) is 1. The number of benzene rings is 1. The number of rotatable bonds is 7. The Morgan fingerprint density at radius 3 is 2.67 bits per heavy atom. The van der Waals surface area contributed by atoms with Gasteiger partial charge >= 0.3 is 0 Å². The monoisotopic (exact) mass is 351 g/mol. The molecule has 21 heavy (non-hydrogen) atoms. The number of aromatic nitrogens is 2. The summed E-state index contributed by atoms with van der Waals surface area (Å²) >= 11 is 3.41. The van der Waals surface area contributed by atoms with Crippen LogP contribution in [0.15, 0.2) is 34.9 Å². The van der Waals surface area contributed by atoms with Gasteiger partial charge < -0.3 is 10.1 Å². The van der Waals surface area contributed by atoms with Crippen LogP contribution in [0.5, 0.6) is 5.75 Å². The number of nitrogens with one attached hydrogen (secondary N) is 1. The number of hydrogen-bond donors (Lipinski definition) is 1. The fourth-order valence-electron chi connectivity index (χ4n) is 1.98. The van der Waals surface area contributed by atoms with Crippen molar-refractivity contribution in [2.24, 2.45) is 0 Å². The maximum atomic E-state index is 5.73. The third-order valence-corrected chi connectivity index (χ3v) is 3.82. The summed E-state index contributed by atoms with van der Waals surface area (Å²) in [5.41, 5.74) is 2.44. The maximum absolute atomic E-state index is 5.73. The zero-order valence-corrected chi connectivity index (χ0v) is 14.4. The Morgan fingerprint density at radius 1 is 1.29 bits per heavy atom. The Labute approximate surface area is 134 Å². The second-order valence-electron chi connectivity index (χ2n) is 5.32. The highest BCUT2D eigenvalue weighted by molar-refractivity contribution is 9.10. The molecule has 0 aliphatic heterocycles. The van der Waals surface area contributed by atoms with Crippen molar-refractivity contribution in [3.8, 4) is 5.75 Å². The summed E-state index contributed by atoms with van der Waals surface area (Å²) in [4.78, 5) is 0. The predicted octanol–water partition coefficient (Wildman–Crippen LogP) is 3.53. The zero-order valence-electron chi connectivity index (χ0n) is 12.8. The van der Waals surface area contributed by atoms with Crippen LogP contribution in [0.3, 0.4) is 0 Å². The van der Waals surface area contributed by atoms with Gasteiger partial charge in [-0.1, -0.05) is 29.8 Å². The lowest BCUT2D eigenvalue weighted by Crippen LogP contribution is -2.22. The molecule has 1 aromatic carbocycles. The van der Waals surface area contributed by atoms with Crippen LogP contribution in [-0.4, -0.2) is 22.4 Å². The molecule has 0 aliphatic rings. The van der Waals surface area contributed by atoms with E-state index in [0.29, 0.717) is 12.6 Å². The van der Waals surface area contributed by atoms with Crippen LogP contribution in [0.1, 0.15) is 25.1 Å². The van der Waals surface area contributed by atoms with Gasteiger partial charge in [0.1, 0.15) is 12.4 Å². The molecule has 0 bridgehead atoms. The lowest BCUT2D eigenvalue weighted by molar-refractivity contribution is 0.289. The zero-order chi connectivity index (χ0) is 15.2. The molecular weight excluding hydrogens is 330 g/mol. The van der Waals surface area contributed by atoms with Gasteiger partial charge in [0.15, 0.2) is 0 Å². The summed E-state index contributed by atoms with van der Waals surface area (Å²) in [6.45, 7) is 8.61. The Balaban J connectivity index is 1.84.